The highest BCUT2D eigenvalue weighted by Crippen LogP contribution is 2.30. The van der Waals surface area contributed by atoms with Gasteiger partial charge in [-0.25, -0.2) is 8.78 Å². The lowest BCUT2D eigenvalue weighted by atomic mass is 9.90. The molecule has 3 rings (SSSR count). The van der Waals surface area contributed by atoms with Crippen LogP contribution in [0.15, 0.2) is 24.4 Å². The van der Waals surface area contributed by atoms with Gasteiger partial charge in [-0.2, -0.15) is 0 Å². The van der Waals surface area contributed by atoms with Crippen LogP contribution in [0.3, 0.4) is 0 Å². The average Bonchev–Trinajstić information content (AvgIpc) is 2.41. The molecule has 2 nitrogen and oxygen atoms in total. The van der Waals surface area contributed by atoms with Crippen molar-refractivity contribution in [2.75, 3.05) is 6.54 Å². The van der Waals surface area contributed by atoms with E-state index >= 15 is 0 Å². The first-order valence-corrected chi connectivity index (χ1v) is 6.30. The Balaban J connectivity index is 0.00000147. The van der Waals surface area contributed by atoms with E-state index in [9.17, 15) is 8.78 Å². The van der Waals surface area contributed by atoms with Crippen LogP contribution in [0.25, 0.3) is 11.3 Å². The molecule has 1 aromatic carbocycles. The molecule has 1 aromatic heterocycles. The number of benzene rings is 1. The molecular weight excluding hydrogens is 282 g/mol. The van der Waals surface area contributed by atoms with Gasteiger partial charge < -0.3 is 5.32 Å². The lowest BCUT2D eigenvalue weighted by Crippen LogP contribution is -2.25. The van der Waals surface area contributed by atoms with Crippen molar-refractivity contribution in [3.63, 3.8) is 0 Å². The number of hydrogen-bond donors (Lipinski definition) is 1. The third-order valence-corrected chi connectivity index (χ3v) is 3.58. The summed E-state index contributed by atoms with van der Waals surface area (Å²) < 4.78 is 26.8. The maximum absolute atomic E-state index is 13.9. The van der Waals surface area contributed by atoms with Gasteiger partial charge in [-0.1, -0.05) is 12.1 Å². The Bertz CT molecular complexity index is 644. The molecule has 0 atom stereocenters. The Morgan fingerprint density at radius 3 is 2.75 bits per heavy atom. The van der Waals surface area contributed by atoms with E-state index in [4.69, 9.17) is 0 Å². The van der Waals surface area contributed by atoms with Gasteiger partial charge in [0.25, 0.3) is 0 Å². The fourth-order valence-corrected chi connectivity index (χ4v) is 2.62. The first kappa shape index (κ1) is 14.9. The number of pyridine rings is 1. The Labute approximate surface area is 122 Å². The van der Waals surface area contributed by atoms with Crippen LogP contribution in [-0.4, -0.2) is 11.5 Å². The van der Waals surface area contributed by atoms with Crippen molar-refractivity contribution in [3.05, 3.63) is 52.7 Å². The summed E-state index contributed by atoms with van der Waals surface area (Å²) in [6.07, 6.45) is 1.98. The van der Waals surface area contributed by atoms with Crippen LogP contribution in [0, 0.1) is 18.6 Å². The smallest absolute Gasteiger partial charge is 0.152 e. The van der Waals surface area contributed by atoms with Crippen LogP contribution >= 0.6 is 12.4 Å². The molecule has 0 unspecified atom stereocenters. The molecule has 1 aliphatic rings. The Morgan fingerprint density at radius 1 is 1.20 bits per heavy atom. The van der Waals surface area contributed by atoms with Crippen molar-refractivity contribution in [2.24, 2.45) is 0 Å². The second kappa shape index (κ2) is 5.85. The highest BCUT2D eigenvalue weighted by atomic mass is 35.5. The minimum atomic E-state index is -0.652. The van der Waals surface area contributed by atoms with Crippen molar-refractivity contribution < 1.29 is 8.78 Å². The molecule has 106 valence electrons. The van der Waals surface area contributed by atoms with Gasteiger partial charge in [0.05, 0.1) is 6.20 Å². The number of hydrogen-bond acceptors (Lipinski definition) is 2. The molecule has 1 aliphatic heterocycles. The summed E-state index contributed by atoms with van der Waals surface area (Å²) in [7, 11) is 0. The SMILES string of the molecule is Cc1ccc(-c2ncc(F)cc2F)c2c1CCNC2.Cl. The van der Waals surface area contributed by atoms with Crippen molar-refractivity contribution in [2.45, 2.75) is 19.9 Å². The molecule has 0 aliphatic carbocycles. The van der Waals surface area contributed by atoms with Crippen LogP contribution in [0.5, 0.6) is 0 Å². The minimum Gasteiger partial charge on any atom is -0.312 e. The third-order valence-electron chi connectivity index (χ3n) is 3.58. The zero-order valence-corrected chi connectivity index (χ0v) is 11.9. The number of fused-ring (bicyclic) bond motifs is 1. The molecule has 0 radical (unpaired) electrons. The van der Waals surface area contributed by atoms with E-state index in [1.165, 1.54) is 11.1 Å². The Morgan fingerprint density at radius 2 is 2.00 bits per heavy atom. The molecule has 0 bridgehead atoms. The predicted octanol–water partition coefficient (Wildman–Crippen LogP) is 3.40. The van der Waals surface area contributed by atoms with Gasteiger partial charge in [-0.15, -0.1) is 12.4 Å². The normalized spacial score (nSPS) is 13.6. The molecule has 0 saturated carbocycles. The summed E-state index contributed by atoms with van der Waals surface area (Å²) in [5.41, 5.74) is 4.51. The van der Waals surface area contributed by atoms with E-state index in [2.05, 4.69) is 17.2 Å². The lowest BCUT2D eigenvalue weighted by Gasteiger charge is -2.22. The molecule has 0 amide bonds. The number of aryl methyl sites for hydroxylation is 1. The Kier molecular flexibility index (Phi) is 4.35. The second-order valence-electron chi connectivity index (χ2n) is 4.80. The van der Waals surface area contributed by atoms with Gasteiger partial charge in [-0.05, 0) is 36.6 Å². The predicted molar refractivity (Wildman–Crippen MR) is 77.0 cm³/mol. The second-order valence-corrected chi connectivity index (χ2v) is 4.80. The molecule has 1 N–H and O–H groups in total. The number of rotatable bonds is 1. The van der Waals surface area contributed by atoms with Crippen molar-refractivity contribution in [1.29, 1.82) is 0 Å². The maximum atomic E-state index is 13.9. The van der Waals surface area contributed by atoms with Crippen LogP contribution in [0.2, 0.25) is 0 Å². The van der Waals surface area contributed by atoms with Gasteiger partial charge in [0, 0.05) is 18.2 Å². The van der Waals surface area contributed by atoms with E-state index in [0.717, 1.165) is 36.4 Å². The monoisotopic (exact) mass is 296 g/mol. The number of nitrogens with one attached hydrogen (secondary N) is 1. The highest BCUT2D eigenvalue weighted by Gasteiger charge is 2.18. The molecule has 2 heterocycles. The molecule has 20 heavy (non-hydrogen) atoms. The van der Waals surface area contributed by atoms with Crippen molar-refractivity contribution in [1.82, 2.24) is 10.3 Å². The van der Waals surface area contributed by atoms with Crippen LogP contribution in [0.1, 0.15) is 16.7 Å². The third kappa shape index (κ3) is 2.53. The highest BCUT2D eigenvalue weighted by molar-refractivity contribution is 5.85. The largest absolute Gasteiger partial charge is 0.312 e. The van der Waals surface area contributed by atoms with Gasteiger partial charge in [0.15, 0.2) is 5.82 Å². The fourth-order valence-electron chi connectivity index (χ4n) is 2.62. The molecule has 2 aromatic rings. The van der Waals surface area contributed by atoms with E-state index in [1.54, 1.807) is 0 Å². The molecule has 0 saturated heterocycles. The Hall–Kier alpha value is -1.52. The summed E-state index contributed by atoms with van der Waals surface area (Å²) >= 11 is 0. The summed E-state index contributed by atoms with van der Waals surface area (Å²) in [6.45, 7) is 3.68. The average molecular weight is 297 g/mol. The van der Waals surface area contributed by atoms with Crippen molar-refractivity contribution >= 4 is 12.4 Å². The standard InChI is InChI=1S/C15H14F2N2.ClH/c1-9-2-3-12(13-8-18-5-4-11(9)13)15-14(17)6-10(16)7-19-15;/h2-3,6-7,18H,4-5,8H2,1H3;1H. The lowest BCUT2D eigenvalue weighted by molar-refractivity contribution is 0.575. The van der Waals surface area contributed by atoms with E-state index in [1.807, 2.05) is 12.1 Å². The van der Waals surface area contributed by atoms with E-state index in [0.29, 0.717) is 6.54 Å². The summed E-state index contributed by atoms with van der Waals surface area (Å²) in [6, 6.07) is 4.72. The zero-order chi connectivity index (χ0) is 13.4. The topological polar surface area (TPSA) is 24.9 Å². The minimum absolute atomic E-state index is 0. The number of aromatic nitrogens is 1. The summed E-state index contributed by atoms with van der Waals surface area (Å²) in [4.78, 5) is 3.91. The van der Waals surface area contributed by atoms with Gasteiger partial charge in [0.1, 0.15) is 11.5 Å². The quantitative estimate of drug-likeness (QED) is 0.872. The van der Waals surface area contributed by atoms with Gasteiger partial charge in [-0.3, -0.25) is 4.98 Å². The summed E-state index contributed by atoms with van der Waals surface area (Å²) in [5, 5.41) is 3.28. The zero-order valence-electron chi connectivity index (χ0n) is 11.0. The van der Waals surface area contributed by atoms with E-state index in [-0.39, 0.29) is 18.1 Å². The van der Waals surface area contributed by atoms with Crippen LogP contribution < -0.4 is 5.32 Å². The van der Waals surface area contributed by atoms with Crippen molar-refractivity contribution in [3.8, 4) is 11.3 Å². The summed E-state index contributed by atoms with van der Waals surface area (Å²) in [5.74, 6) is -1.27. The van der Waals surface area contributed by atoms with Crippen LogP contribution in [-0.2, 0) is 13.0 Å². The fraction of sp³-hybridized carbons (Fsp3) is 0.267. The number of halogens is 3. The van der Waals surface area contributed by atoms with Crippen LogP contribution in [0.4, 0.5) is 8.78 Å². The molecule has 0 spiro atoms. The van der Waals surface area contributed by atoms with E-state index < -0.39 is 11.6 Å². The molecule has 5 heteroatoms. The number of nitrogens with zero attached hydrogens (tertiary/aromatic N) is 1. The maximum Gasteiger partial charge on any atom is 0.152 e. The molecular formula is C15H15ClF2N2. The first-order chi connectivity index (χ1) is 9.16. The molecule has 0 fully saturated rings. The first-order valence-electron chi connectivity index (χ1n) is 6.30. The van der Waals surface area contributed by atoms with Gasteiger partial charge >= 0.3 is 0 Å². The van der Waals surface area contributed by atoms with Gasteiger partial charge in [0.2, 0.25) is 0 Å².